The summed E-state index contributed by atoms with van der Waals surface area (Å²) in [5, 5.41) is 0. The lowest BCUT2D eigenvalue weighted by atomic mass is 10.0. The van der Waals surface area contributed by atoms with Gasteiger partial charge in [0.25, 0.3) is 0 Å². The molecule has 0 amide bonds. The Bertz CT molecular complexity index is 530. The number of rotatable bonds is 2. The van der Waals surface area contributed by atoms with Gasteiger partial charge < -0.3 is 17.2 Å². The van der Waals surface area contributed by atoms with E-state index >= 15 is 0 Å². The number of nitrogen functional groups attached to an aromatic ring is 3. The van der Waals surface area contributed by atoms with Gasteiger partial charge in [-0.05, 0) is 42.2 Å². The fourth-order valence-electron chi connectivity index (χ4n) is 1.80. The molecule has 0 aliphatic rings. The molecule has 0 atom stereocenters. The second-order valence-electron chi connectivity index (χ2n) is 4.29. The summed E-state index contributed by atoms with van der Waals surface area (Å²) in [5.41, 5.74) is 23.0. The molecule has 0 spiro atoms. The van der Waals surface area contributed by atoms with Crippen LogP contribution in [0.2, 0.25) is 0 Å². The zero-order chi connectivity index (χ0) is 12.4. The van der Waals surface area contributed by atoms with Crippen LogP contribution in [-0.4, -0.2) is 0 Å². The lowest BCUT2D eigenvalue weighted by Gasteiger charge is -2.10. The molecular weight excluding hydrogens is 210 g/mol. The number of aryl methyl sites for hydroxylation is 1. The molecule has 0 saturated carbocycles. The summed E-state index contributed by atoms with van der Waals surface area (Å²) in [6.07, 6.45) is 0.774. The van der Waals surface area contributed by atoms with E-state index in [9.17, 15) is 0 Å². The van der Waals surface area contributed by atoms with Gasteiger partial charge in [-0.15, -0.1) is 0 Å². The van der Waals surface area contributed by atoms with E-state index in [1.165, 1.54) is 5.56 Å². The third-order valence-corrected chi connectivity index (χ3v) is 2.97. The van der Waals surface area contributed by atoms with Crippen molar-refractivity contribution >= 4 is 17.1 Å². The Morgan fingerprint density at radius 2 is 1.47 bits per heavy atom. The lowest BCUT2D eigenvalue weighted by molar-refractivity contribution is 1.19. The van der Waals surface area contributed by atoms with Crippen molar-refractivity contribution < 1.29 is 0 Å². The highest BCUT2D eigenvalue weighted by molar-refractivity contribution is 5.71. The van der Waals surface area contributed by atoms with Crippen LogP contribution in [0, 0.1) is 6.92 Å². The van der Waals surface area contributed by atoms with Gasteiger partial charge in [0.15, 0.2) is 0 Å². The van der Waals surface area contributed by atoms with E-state index in [0.717, 1.165) is 23.2 Å². The summed E-state index contributed by atoms with van der Waals surface area (Å²) in [6.45, 7) is 1.96. The normalized spacial score (nSPS) is 10.4. The van der Waals surface area contributed by atoms with Gasteiger partial charge in [-0.1, -0.05) is 24.3 Å². The van der Waals surface area contributed by atoms with Crippen LogP contribution in [0.5, 0.6) is 0 Å². The first-order valence-electron chi connectivity index (χ1n) is 5.56. The Kier molecular flexibility index (Phi) is 2.91. The van der Waals surface area contributed by atoms with Gasteiger partial charge in [0, 0.05) is 5.69 Å². The lowest BCUT2D eigenvalue weighted by Crippen LogP contribution is -2.02. The summed E-state index contributed by atoms with van der Waals surface area (Å²) in [5.74, 6) is 0. The monoisotopic (exact) mass is 227 g/mol. The van der Waals surface area contributed by atoms with Crippen LogP contribution in [0.4, 0.5) is 17.1 Å². The highest BCUT2D eigenvalue weighted by atomic mass is 14.7. The van der Waals surface area contributed by atoms with Crippen LogP contribution < -0.4 is 17.2 Å². The molecule has 0 aliphatic carbocycles. The number of hydrogen-bond donors (Lipinski definition) is 3. The predicted octanol–water partition coefficient (Wildman–Crippen LogP) is 2.33. The van der Waals surface area contributed by atoms with E-state index < -0.39 is 0 Å². The molecule has 88 valence electrons. The number of anilines is 3. The quantitative estimate of drug-likeness (QED) is 0.689. The first kappa shape index (κ1) is 11.3. The van der Waals surface area contributed by atoms with Crippen molar-refractivity contribution in [3.63, 3.8) is 0 Å². The van der Waals surface area contributed by atoms with Crippen LogP contribution in [0.15, 0.2) is 36.4 Å². The molecule has 6 N–H and O–H groups in total. The molecule has 2 aromatic rings. The average Bonchev–Trinajstić information content (AvgIpc) is 2.33. The molecule has 3 heteroatoms. The maximum absolute atomic E-state index is 6.01. The number of benzene rings is 2. The van der Waals surface area contributed by atoms with E-state index in [0.29, 0.717) is 11.4 Å². The van der Waals surface area contributed by atoms with Crippen LogP contribution in [0.25, 0.3) is 0 Å². The second-order valence-corrected chi connectivity index (χ2v) is 4.29. The minimum atomic E-state index is 0.679. The fraction of sp³-hybridized carbons (Fsp3) is 0.143. The molecule has 0 saturated heterocycles. The molecule has 0 heterocycles. The van der Waals surface area contributed by atoms with Gasteiger partial charge in [0.05, 0.1) is 11.4 Å². The number of hydrogen-bond acceptors (Lipinski definition) is 3. The Hall–Kier alpha value is -2.16. The molecule has 0 bridgehead atoms. The highest BCUT2D eigenvalue weighted by Gasteiger charge is 2.06. The van der Waals surface area contributed by atoms with E-state index in [-0.39, 0.29) is 0 Å². The summed E-state index contributed by atoms with van der Waals surface area (Å²) in [7, 11) is 0. The van der Waals surface area contributed by atoms with Gasteiger partial charge in [0.1, 0.15) is 0 Å². The van der Waals surface area contributed by atoms with Gasteiger partial charge in [-0.2, -0.15) is 0 Å². The van der Waals surface area contributed by atoms with E-state index in [4.69, 9.17) is 17.2 Å². The maximum atomic E-state index is 6.01. The minimum Gasteiger partial charge on any atom is -0.399 e. The Labute approximate surface area is 101 Å². The smallest absolute Gasteiger partial charge is 0.0586 e. The van der Waals surface area contributed by atoms with Crippen LogP contribution >= 0.6 is 0 Å². The summed E-state index contributed by atoms with van der Waals surface area (Å²) in [4.78, 5) is 0. The minimum absolute atomic E-state index is 0.679. The van der Waals surface area contributed by atoms with Crippen molar-refractivity contribution in [1.29, 1.82) is 0 Å². The third-order valence-electron chi connectivity index (χ3n) is 2.97. The zero-order valence-electron chi connectivity index (χ0n) is 9.90. The molecule has 0 unspecified atom stereocenters. The molecule has 2 rings (SSSR count). The van der Waals surface area contributed by atoms with Crippen molar-refractivity contribution in [2.75, 3.05) is 17.2 Å². The van der Waals surface area contributed by atoms with E-state index in [1.807, 2.05) is 43.3 Å². The Morgan fingerprint density at radius 3 is 2.12 bits per heavy atom. The molecule has 0 aliphatic heterocycles. The van der Waals surface area contributed by atoms with Gasteiger partial charge in [0.2, 0.25) is 0 Å². The summed E-state index contributed by atoms with van der Waals surface area (Å²) >= 11 is 0. The largest absolute Gasteiger partial charge is 0.399 e. The number of nitrogens with two attached hydrogens (primary N) is 3. The van der Waals surface area contributed by atoms with Gasteiger partial charge in [-0.25, -0.2) is 0 Å². The summed E-state index contributed by atoms with van der Waals surface area (Å²) < 4.78 is 0. The topological polar surface area (TPSA) is 78.1 Å². The fourth-order valence-corrected chi connectivity index (χ4v) is 1.80. The zero-order valence-corrected chi connectivity index (χ0v) is 9.90. The van der Waals surface area contributed by atoms with E-state index in [2.05, 4.69) is 0 Å². The Morgan fingerprint density at radius 1 is 0.824 bits per heavy atom. The highest BCUT2D eigenvalue weighted by Crippen LogP contribution is 2.25. The van der Waals surface area contributed by atoms with Crippen molar-refractivity contribution in [2.45, 2.75) is 13.3 Å². The van der Waals surface area contributed by atoms with Crippen LogP contribution in [0.3, 0.4) is 0 Å². The Balaban J connectivity index is 2.30. The van der Waals surface area contributed by atoms with Gasteiger partial charge >= 0.3 is 0 Å². The first-order valence-corrected chi connectivity index (χ1v) is 5.56. The first-order chi connectivity index (χ1) is 8.08. The summed E-state index contributed by atoms with van der Waals surface area (Å²) in [6, 6.07) is 11.8. The predicted molar refractivity (Wildman–Crippen MR) is 73.7 cm³/mol. The van der Waals surface area contributed by atoms with E-state index in [1.54, 1.807) is 0 Å². The third kappa shape index (κ3) is 2.33. The molecular formula is C14H17N3. The van der Waals surface area contributed by atoms with Crippen molar-refractivity contribution in [3.05, 3.63) is 53.1 Å². The molecule has 2 aromatic carbocycles. The average molecular weight is 227 g/mol. The van der Waals surface area contributed by atoms with Crippen molar-refractivity contribution in [3.8, 4) is 0 Å². The molecule has 0 fully saturated rings. The molecule has 0 radical (unpaired) electrons. The molecule has 3 nitrogen and oxygen atoms in total. The van der Waals surface area contributed by atoms with Crippen LogP contribution in [0.1, 0.15) is 16.7 Å². The molecule has 17 heavy (non-hydrogen) atoms. The van der Waals surface area contributed by atoms with Crippen LogP contribution in [-0.2, 0) is 6.42 Å². The SMILES string of the molecule is Cc1ccc(Cc2ccc(N)cc2)c(N)c1N. The standard InChI is InChI=1S/C14H17N3/c1-9-2-5-11(14(17)13(9)16)8-10-3-6-12(15)7-4-10/h2-7H,8,15-17H2,1H3. The van der Waals surface area contributed by atoms with Crippen molar-refractivity contribution in [2.24, 2.45) is 0 Å². The van der Waals surface area contributed by atoms with Crippen molar-refractivity contribution in [1.82, 2.24) is 0 Å². The second kappa shape index (κ2) is 4.37. The maximum Gasteiger partial charge on any atom is 0.0586 e. The van der Waals surface area contributed by atoms with Gasteiger partial charge in [-0.3, -0.25) is 0 Å². The molecule has 0 aromatic heterocycles.